The smallest absolute Gasteiger partial charge is 0.135 e. The van der Waals surface area contributed by atoms with Crippen molar-refractivity contribution in [2.45, 2.75) is 6.92 Å². The maximum Gasteiger partial charge on any atom is 0.135 e. The van der Waals surface area contributed by atoms with Crippen molar-refractivity contribution < 1.29 is 33.8 Å². The van der Waals surface area contributed by atoms with E-state index in [0.717, 1.165) is 19.6 Å². The second-order valence-corrected chi connectivity index (χ2v) is 6.52. The molecule has 2 aromatic carbocycles. The van der Waals surface area contributed by atoms with Gasteiger partial charge in [0.15, 0.2) is 0 Å². The molecule has 0 saturated heterocycles. The first kappa shape index (κ1) is 19.4. The molecule has 0 aliphatic carbocycles. The Morgan fingerprint density at radius 1 is 0.880 bits per heavy atom. The third-order valence-corrected chi connectivity index (χ3v) is 3.78. The fourth-order valence-corrected chi connectivity index (χ4v) is 2.79. The molecule has 0 saturated carbocycles. The van der Waals surface area contributed by atoms with Crippen LogP contribution in [0.1, 0.15) is 6.92 Å². The van der Waals surface area contributed by atoms with Gasteiger partial charge in [-0.15, -0.1) is 10.2 Å². The van der Waals surface area contributed by atoms with E-state index >= 15 is 0 Å². The van der Waals surface area contributed by atoms with Crippen molar-refractivity contribution in [3.05, 3.63) is 72.4 Å². The van der Waals surface area contributed by atoms with Gasteiger partial charge in [0.1, 0.15) is 12.2 Å². The van der Waals surface area contributed by atoms with Gasteiger partial charge < -0.3 is 4.90 Å². The van der Waals surface area contributed by atoms with Crippen molar-refractivity contribution in [2.75, 3.05) is 24.5 Å². The Kier molecular flexibility index (Phi) is 6.95. The maximum atomic E-state index is 8.49. The van der Waals surface area contributed by atoms with E-state index < -0.39 is 10.2 Å². The number of rotatable bonds is 2. The van der Waals surface area contributed by atoms with Gasteiger partial charge >= 0.3 is 0 Å². The van der Waals surface area contributed by atoms with Crippen LogP contribution in [0.2, 0.25) is 0 Å². The molecule has 1 unspecified atom stereocenters. The molecule has 0 bridgehead atoms. The summed E-state index contributed by atoms with van der Waals surface area (Å²) in [6.45, 7) is 5.41. The molecule has 0 radical (unpaired) electrons. The third-order valence-electron chi connectivity index (χ3n) is 3.78. The summed E-state index contributed by atoms with van der Waals surface area (Å²) in [6, 6.07) is 21.4. The van der Waals surface area contributed by atoms with Gasteiger partial charge in [0.25, 0.3) is 0 Å². The minimum Gasteiger partial charge on any atom is -0.362 e. The van der Waals surface area contributed by atoms with E-state index in [1.807, 2.05) is 0 Å². The molecule has 3 rings (SSSR count). The second-order valence-electron chi connectivity index (χ2n) is 5.77. The van der Waals surface area contributed by atoms with Crippen LogP contribution in [-0.2, 0) is 0 Å². The predicted molar refractivity (Wildman–Crippen MR) is 84.3 cm³/mol. The third kappa shape index (κ3) is 7.23. The number of hydrogen-bond donors (Lipinski definition) is 1. The SMILES string of the molecule is CC1=C[NH+](c2ccccc2)CCN(c2ccccc2)C1.[O-][Cl+3]([O-])([O-])[O-]. The zero-order valence-corrected chi connectivity index (χ0v) is 14.7. The van der Waals surface area contributed by atoms with Crippen LogP contribution in [0.15, 0.2) is 72.4 Å². The van der Waals surface area contributed by atoms with Crippen molar-refractivity contribution >= 4 is 11.4 Å². The van der Waals surface area contributed by atoms with Crippen molar-refractivity contribution in [1.29, 1.82) is 0 Å². The Bertz CT molecular complexity index is 668. The quantitative estimate of drug-likeness (QED) is 0.656. The Morgan fingerprint density at radius 2 is 1.40 bits per heavy atom. The number of hydrogen-bond acceptors (Lipinski definition) is 5. The zero-order chi connectivity index (χ0) is 18.3. The molecule has 0 fully saturated rings. The highest BCUT2D eigenvalue weighted by atomic mass is 35.7. The van der Waals surface area contributed by atoms with E-state index in [9.17, 15) is 0 Å². The molecule has 134 valence electrons. The second kappa shape index (κ2) is 8.96. The summed E-state index contributed by atoms with van der Waals surface area (Å²) in [5.41, 5.74) is 4.08. The first-order chi connectivity index (χ1) is 11.8. The number of benzene rings is 2. The standard InChI is InChI=1S/C18H20N2.ClHO4/c1-16-14-19(17-8-4-2-5-9-17)12-13-20(15-16)18-10-6-3-7-11-18;2-1(3,4)5/h2-11,14H,12-13,15H2,1H3;(H,2,3,4,5). The maximum absolute atomic E-state index is 8.49. The molecule has 0 aromatic heterocycles. The molecule has 1 aliphatic heterocycles. The summed E-state index contributed by atoms with van der Waals surface area (Å²) in [5.74, 6) is 0. The average molecular weight is 365 g/mol. The summed E-state index contributed by atoms with van der Waals surface area (Å²) in [6.07, 6.45) is 2.36. The average Bonchev–Trinajstić information content (AvgIpc) is 2.77. The lowest BCUT2D eigenvalue weighted by Crippen LogP contribution is -3.03. The molecule has 2 aromatic rings. The van der Waals surface area contributed by atoms with Crippen LogP contribution in [-0.4, -0.2) is 19.6 Å². The van der Waals surface area contributed by atoms with E-state index in [0.29, 0.717) is 0 Å². The van der Waals surface area contributed by atoms with Gasteiger partial charge in [-0.2, -0.15) is 0 Å². The molecule has 1 heterocycles. The van der Waals surface area contributed by atoms with Gasteiger partial charge in [0.2, 0.25) is 0 Å². The van der Waals surface area contributed by atoms with E-state index in [2.05, 4.69) is 78.7 Å². The number of para-hydroxylation sites is 2. The lowest BCUT2D eigenvalue weighted by molar-refractivity contribution is -2.00. The Balaban J connectivity index is 0.000000399. The number of nitrogens with zero attached hydrogens (tertiary/aromatic N) is 1. The van der Waals surface area contributed by atoms with Gasteiger partial charge in [-0.05, 0) is 36.8 Å². The molecule has 1 atom stereocenters. The van der Waals surface area contributed by atoms with Crippen LogP contribution < -0.4 is 28.4 Å². The number of anilines is 1. The Morgan fingerprint density at radius 3 is 1.96 bits per heavy atom. The van der Waals surface area contributed by atoms with E-state index in [1.165, 1.54) is 21.8 Å². The summed E-state index contributed by atoms with van der Waals surface area (Å²) in [7, 11) is -4.94. The molecule has 7 heteroatoms. The summed E-state index contributed by atoms with van der Waals surface area (Å²) < 4.78 is 34.0. The normalized spacial score (nSPS) is 17.9. The number of quaternary nitrogens is 1. The lowest BCUT2D eigenvalue weighted by atomic mass is 10.2. The topological polar surface area (TPSA) is 99.9 Å². The molecule has 0 spiro atoms. The highest BCUT2D eigenvalue weighted by Gasteiger charge is 2.18. The van der Waals surface area contributed by atoms with Gasteiger partial charge in [0.05, 0.1) is 12.7 Å². The predicted octanol–water partition coefficient (Wildman–Crippen LogP) is -2.13. The molecular weight excluding hydrogens is 344 g/mol. The van der Waals surface area contributed by atoms with Crippen molar-refractivity contribution in [2.24, 2.45) is 0 Å². The highest BCUT2D eigenvalue weighted by molar-refractivity contribution is 5.47. The molecule has 1 N–H and O–H groups in total. The van der Waals surface area contributed by atoms with Gasteiger partial charge in [-0.25, -0.2) is 18.6 Å². The van der Waals surface area contributed by atoms with Crippen molar-refractivity contribution in [3.8, 4) is 0 Å². The fraction of sp³-hybridized carbons (Fsp3) is 0.222. The van der Waals surface area contributed by atoms with Crippen LogP contribution in [0.3, 0.4) is 0 Å². The molecular formula is C18H21ClN2O4. The fourth-order valence-electron chi connectivity index (χ4n) is 2.79. The van der Waals surface area contributed by atoms with Gasteiger partial charge in [-0.1, -0.05) is 36.4 Å². The Labute approximate surface area is 149 Å². The van der Waals surface area contributed by atoms with Crippen LogP contribution >= 0.6 is 0 Å². The lowest BCUT2D eigenvalue weighted by Gasteiger charge is -2.22. The first-order valence-electron chi connectivity index (χ1n) is 7.83. The minimum absolute atomic E-state index is 1.01. The molecule has 6 nitrogen and oxygen atoms in total. The van der Waals surface area contributed by atoms with Gasteiger partial charge in [0, 0.05) is 12.2 Å². The molecule has 25 heavy (non-hydrogen) atoms. The Hall–Kier alpha value is -1.93. The van der Waals surface area contributed by atoms with Crippen LogP contribution in [0.4, 0.5) is 11.4 Å². The number of halogens is 1. The monoisotopic (exact) mass is 364 g/mol. The van der Waals surface area contributed by atoms with E-state index in [4.69, 9.17) is 18.6 Å². The first-order valence-corrected chi connectivity index (χ1v) is 9.06. The largest absolute Gasteiger partial charge is 0.362 e. The zero-order valence-electron chi connectivity index (χ0n) is 13.9. The van der Waals surface area contributed by atoms with Crippen molar-refractivity contribution in [1.82, 2.24) is 0 Å². The van der Waals surface area contributed by atoms with Crippen LogP contribution in [0, 0.1) is 10.2 Å². The highest BCUT2D eigenvalue weighted by Crippen LogP contribution is 2.15. The van der Waals surface area contributed by atoms with E-state index in [-0.39, 0.29) is 0 Å². The minimum atomic E-state index is -4.94. The summed E-state index contributed by atoms with van der Waals surface area (Å²) >= 11 is 0. The van der Waals surface area contributed by atoms with E-state index in [1.54, 1.807) is 0 Å². The summed E-state index contributed by atoms with van der Waals surface area (Å²) in [4.78, 5) is 3.91. The van der Waals surface area contributed by atoms with Crippen molar-refractivity contribution in [3.63, 3.8) is 0 Å². The molecule has 0 amide bonds. The summed E-state index contributed by atoms with van der Waals surface area (Å²) in [5, 5.41) is 0. The van der Waals surface area contributed by atoms with Crippen LogP contribution in [0.25, 0.3) is 0 Å². The number of nitrogens with one attached hydrogen (secondary N) is 1. The van der Waals surface area contributed by atoms with Crippen LogP contribution in [0.5, 0.6) is 0 Å². The molecule has 1 aliphatic rings. The van der Waals surface area contributed by atoms with Gasteiger partial charge in [-0.3, -0.25) is 4.90 Å².